The maximum absolute atomic E-state index is 6.25. The molecule has 2 fully saturated rings. The first kappa shape index (κ1) is 12.6. The standard InChI is InChI=1S/C14H17Cl2NO/c15-9-10-11(16)3-1-4-12(10)17-7-8-18-14-6-2-5-13(14)17/h1,3-4,13-14H,2,5-9H2. The van der Waals surface area contributed by atoms with E-state index in [1.807, 2.05) is 12.1 Å². The van der Waals surface area contributed by atoms with Crippen LogP contribution in [0.25, 0.3) is 0 Å². The van der Waals surface area contributed by atoms with E-state index in [0.29, 0.717) is 18.0 Å². The minimum absolute atomic E-state index is 0.390. The van der Waals surface area contributed by atoms with Crippen LogP contribution in [0, 0.1) is 0 Å². The van der Waals surface area contributed by atoms with Gasteiger partial charge < -0.3 is 9.64 Å². The number of ether oxygens (including phenoxy) is 1. The molecule has 2 aliphatic rings. The van der Waals surface area contributed by atoms with Crippen molar-refractivity contribution in [2.45, 2.75) is 37.3 Å². The van der Waals surface area contributed by atoms with Crippen LogP contribution < -0.4 is 4.90 Å². The SMILES string of the molecule is ClCc1c(Cl)cccc1N1CCOC2CCCC21. The van der Waals surface area contributed by atoms with Gasteiger partial charge in [0.05, 0.1) is 24.6 Å². The second kappa shape index (κ2) is 5.28. The average Bonchev–Trinajstić information content (AvgIpc) is 2.86. The normalized spacial score (nSPS) is 27.3. The molecule has 2 atom stereocenters. The highest BCUT2D eigenvalue weighted by molar-refractivity contribution is 6.32. The molecule has 1 heterocycles. The fourth-order valence-electron chi connectivity index (χ4n) is 3.17. The molecule has 0 bridgehead atoms. The summed E-state index contributed by atoms with van der Waals surface area (Å²) in [4.78, 5) is 2.45. The quantitative estimate of drug-likeness (QED) is 0.766. The molecule has 0 radical (unpaired) electrons. The molecule has 3 rings (SSSR count). The van der Waals surface area contributed by atoms with E-state index in [4.69, 9.17) is 27.9 Å². The molecule has 1 saturated carbocycles. The molecule has 1 aliphatic heterocycles. The predicted molar refractivity (Wildman–Crippen MR) is 75.7 cm³/mol. The van der Waals surface area contributed by atoms with E-state index in [0.717, 1.165) is 23.7 Å². The Morgan fingerprint density at radius 1 is 1.33 bits per heavy atom. The zero-order chi connectivity index (χ0) is 12.5. The van der Waals surface area contributed by atoms with Crippen LogP contribution in [0.3, 0.4) is 0 Å². The van der Waals surface area contributed by atoms with E-state index < -0.39 is 0 Å². The highest BCUT2D eigenvalue weighted by atomic mass is 35.5. The summed E-state index contributed by atoms with van der Waals surface area (Å²) in [5, 5.41) is 0.767. The van der Waals surface area contributed by atoms with Crippen molar-refractivity contribution < 1.29 is 4.74 Å². The van der Waals surface area contributed by atoms with Crippen LogP contribution in [0.4, 0.5) is 5.69 Å². The molecule has 1 saturated heterocycles. The van der Waals surface area contributed by atoms with Crippen molar-refractivity contribution in [2.75, 3.05) is 18.1 Å². The summed E-state index contributed by atoms with van der Waals surface area (Å²) >= 11 is 12.3. The molecule has 2 nitrogen and oxygen atoms in total. The molecule has 1 aliphatic carbocycles. The lowest BCUT2D eigenvalue weighted by Crippen LogP contribution is -2.49. The van der Waals surface area contributed by atoms with Crippen LogP contribution in [0.2, 0.25) is 5.02 Å². The van der Waals surface area contributed by atoms with Gasteiger partial charge in [-0.3, -0.25) is 0 Å². The fraction of sp³-hybridized carbons (Fsp3) is 0.571. The Bertz CT molecular complexity index is 438. The second-order valence-electron chi connectivity index (χ2n) is 4.97. The Morgan fingerprint density at radius 2 is 2.22 bits per heavy atom. The second-order valence-corrected chi connectivity index (χ2v) is 5.65. The largest absolute Gasteiger partial charge is 0.374 e. The number of fused-ring (bicyclic) bond motifs is 1. The number of morpholine rings is 1. The molecule has 4 heteroatoms. The van der Waals surface area contributed by atoms with Crippen LogP contribution in [0.5, 0.6) is 0 Å². The summed E-state index contributed by atoms with van der Waals surface area (Å²) in [6, 6.07) is 6.55. The third kappa shape index (κ3) is 2.11. The molecule has 1 aromatic rings. The van der Waals surface area contributed by atoms with Crippen molar-refractivity contribution in [1.82, 2.24) is 0 Å². The van der Waals surface area contributed by atoms with Gasteiger partial charge in [-0.15, -0.1) is 11.6 Å². The Labute approximate surface area is 118 Å². The number of benzene rings is 1. The molecule has 2 unspecified atom stereocenters. The lowest BCUT2D eigenvalue weighted by Gasteiger charge is -2.40. The van der Waals surface area contributed by atoms with Gasteiger partial charge in [0.1, 0.15) is 0 Å². The van der Waals surface area contributed by atoms with E-state index in [9.17, 15) is 0 Å². The van der Waals surface area contributed by atoms with Crippen LogP contribution in [0.15, 0.2) is 18.2 Å². The number of anilines is 1. The third-order valence-electron chi connectivity index (χ3n) is 4.02. The first-order valence-corrected chi connectivity index (χ1v) is 7.44. The summed E-state index contributed by atoms with van der Waals surface area (Å²) in [7, 11) is 0. The topological polar surface area (TPSA) is 12.5 Å². The number of halogens is 2. The first-order valence-electron chi connectivity index (χ1n) is 6.53. The van der Waals surface area contributed by atoms with Crippen molar-refractivity contribution in [1.29, 1.82) is 0 Å². The molecule has 0 aromatic heterocycles. The van der Waals surface area contributed by atoms with Crippen molar-refractivity contribution in [3.63, 3.8) is 0 Å². The van der Waals surface area contributed by atoms with Crippen LogP contribution in [-0.2, 0) is 10.6 Å². The monoisotopic (exact) mass is 285 g/mol. The zero-order valence-corrected chi connectivity index (χ0v) is 11.8. The molecule has 98 valence electrons. The van der Waals surface area contributed by atoms with Gasteiger partial charge in [-0.1, -0.05) is 17.7 Å². The third-order valence-corrected chi connectivity index (χ3v) is 4.64. The van der Waals surface area contributed by atoms with E-state index in [-0.39, 0.29) is 0 Å². The Morgan fingerprint density at radius 3 is 3.06 bits per heavy atom. The first-order chi connectivity index (χ1) is 8.81. The van der Waals surface area contributed by atoms with E-state index in [1.54, 1.807) is 0 Å². The maximum Gasteiger partial charge on any atom is 0.0779 e. The van der Waals surface area contributed by atoms with Gasteiger partial charge in [-0.25, -0.2) is 0 Å². The minimum Gasteiger partial charge on any atom is -0.374 e. The van der Waals surface area contributed by atoms with Gasteiger partial charge in [-0.2, -0.15) is 0 Å². The van der Waals surface area contributed by atoms with Crippen molar-refractivity contribution >= 4 is 28.9 Å². The number of nitrogens with zero attached hydrogens (tertiary/aromatic N) is 1. The van der Waals surface area contributed by atoms with E-state index >= 15 is 0 Å². The fourth-order valence-corrected chi connectivity index (χ4v) is 3.76. The number of alkyl halides is 1. The molecular weight excluding hydrogens is 269 g/mol. The summed E-state index contributed by atoms with van der Waals surface area (Å²) in [6.45, 7) is 1.74. The van der Waals surface area contributed by atoms with Crippen molar-refractivity contribution in [2.24, 2.45) is 0 Å². The highest BCUT2D eigenvalue weighted by Gasteiger charge is 2.36. The summed E-state index contributed by atoms with van der Waals surface area (Å²) in [5.41, 5.74) is 2.24. The summed E-state index contributed by atoms with van der Waals surface area (Å²) in [6.07, 6.45) is 4.03. The van der Waals surface area contributed by atoms with Gasteiger partial charge in [0.25, 0.3) is 0 Å². The number of hydrogen-bond acceptors (Lipinski definition) is 2. The van der Waals surface area contributed by atoms with Crippen LogP contribution in [0.1, 0.15) is 24.8 Å². The van der Waals surface area contributed by atoms with Crippen molar-refractivity contribution in [3.8, 4) is 0 Å². The van der Waals surface area contributed by atoms with Crippen LogP contribution in [-0.4, -0.2) is 25.3 Å². The van der Waals surface area contributed by atoms with Crippen LogP contribution >= 0.6 is 23.2 Å². The number of hydrogen-bond donors (Lipinski definition) is 0. The lowest BCUT2D eigenvalue weighted by atomic mass is 10.1. The molecule has 0 amide bonds. The van der Waals surface area contributed by atoms with Gasteiger partial charge in [-0.05, 0) is 31.4 Å². The molecular formula is C14H17Cl2NO. The number of rotatable bonds is 2. The average molecular weight is 286 g/mol. The molecule has 1 aromatic carbocycles. The van der Waals surface area contributed by atoms with Gasteiger partial charge in [0.15, 0.2) is 0 Å². The van der Waals surface area contributed by atoms with Gasteiger partial charge in [0, 0.05) is 22.8 Å². The Hall–Kier alpha value is -0.440. The highest BCUT2D eigenvalue weighted by Crippen LogP contribution is 2.37. The van der Waals surface area contributed by atoms with Crippen molar-refractivity contribution in [3.05, 3.63) is 28.8 Å². The Balaban J connectivity index is 1.96. The molecule has 0 N–H and O–H groups in total. The zero-order valence-electron chi connectivity index (χ0n) is 10.2. The molecule has 0 spiro atoms. The lowest BCUT2D eigenvalue weighted by molar-refractivity contribution is 0.0256. The van der Waals surface area contributed by atoms with E-state index in [2.05, 4.69) is 11.0 Å². The predicted octanol–water partition coefficient (Wildman–Crippen LogP) is 3.84. The smallest absolute Gasteiger partial charge is 0.0779 e. The van der Waals surface area contributed by atoms with Gasteiger partial charge >= 0.3 is 0 Å². The van der Waals surface area contributed by atoms with E-state index in [1.165, 1.54) is 24.9 Å². The maximum atomic E-state index is 6.25. The summed E-state index contributed by atoms with van der Waals surface area (Å²) < 4.78 is 5.85. The molecule has 18 heavy (non-hydrogen) atoms. The van der Waals surface area contributed by atoms with Gasteiger partial charge in [0.2, 0.25) is 0 Å². The Kier molecular flexibility index (Phi) is 3.69. The minimum atomic E-state index is 0.390. The summed E-state index contributed by atoms with van der Waals surface area (Å²) in [5.74, 6) is 0.462.